The monoisotopic (exact) mass is 286 g/mol. The number of pyridine rings is 1. The Labute approximate surface area is 112 Å². The van der Waals surface area contributed by atoms with Crippen LogP contribution < -0.4 is 16.0 Å². The molecule has 1 aromatic rings. The minimum atomic E-state index is -3.65. The van der Waals surface area contributed by atoms with Crippen molar-refractivity contribution >= 4 is 15.8 Å². The molecular weight excluding hydrogens is 268 g/mol. The summed E-state index contributed by atoms with van der Waals surface area (Å²) in [6, 6.07) is 2.89. The summed E-state index contributed by atoms with van der Waals surface area (Å²) < 4.78 is 32.7. The van der Waals surface area contributed by atoms with Crippen LogP contribution in [0.3, 0.4) is 0 Å². The van der Waals surface area contributed by atoms with Gasteiger partial charge in [-0.15, -0.1) is 0 Å². The van der Waals surface area contributed by atoms with Crippen LogP contribution in [0.2, 0.25) is 0 Å². The largest absolute Gasteiger partial charge is 0.381 e. The molecule has 2 heterocycles. The van der Waals surface area contributed by atoms with Crippen molar-refractivity contribution in [3.8, 4) is 0 Å². The van der Waals surface area contributed by atoms with E-state index in [0.29, 0.717) is 19.6 Å². The van der Waals surface area contributed by atoms with Crippen molar-refractivity contribution in [1.82, 2.24) is 9.71 Å². The molecule has 0 aromatic carbocycles. The predicted octanol–water partition coefficient (Wildman–Crippen LogP) is 0.0705. The Bertz CT molecular complexity index is 534. The van der Waals surface area contributed by atoms with Crippen LogP contribution in [0.25, 0.3) is 0 Å². The summed E-state index contributed by atoms with van der Waals surface area (Å²) in [4.78, 5) is 3.95. The van der Waals surface area contributed by atoms with Crippen LogP contribution in [-0.4, -0.2) is 32.7 Å². The number of nitrogens with zero attached hydrogens (tertiary/aromatic N) is 1. The highest BCUT2D eigenvalue weighted by atomic mass is 32.2. The Morgan fingerprint density at radius 3 is 3.00 bits per heavy atom. The van der Waals surface area contributed by atoms with Crippen LogP contribution in [-0.2, 0) is 14.8 Å². The van der Waals surface area contributed by atoms with E-state index in [-0.39, 0.29) is 22.7 Å². The average Bonchev–Trinajstić information content (AvgIpc) is 2.41. The van der Waals surface area contributed by atoms with Crippen LogP contribution in [0.5, 0.6) is 0 Å². The number of nitrogen functional groups attached to an aromatic ring is 1. The molecule has 0 spiro atoms. The molecule has 2 atom stereocenters. The number of hydrogen-bond donors (Lipinski definition) is 3. The number of hydrogen-bond acceptors (Lipinski definition) is 6. The number of ether oxygens (including phenoxy) is 1. The molecule has 4 N–H and O–H groups in total. The molecule has 0 radical (unpaired) electrons. The minimum Gasteiger partial charge on any atom is -0.381 e. The van der Waals surface area contributed by atoms with E-state index in [1.807, 2.05) is 6.92 Å². The summed E-state index contributed by atoms with van der Waals surface area (Å²) in [7, 11) is -3.65. The van der Waals surface area contributed by atoms with Gasteiger partial charge in [0.15, 0.2) is 5.82 Å². The zero-order valence-corrected chi connectivity index (χ0v) is 11.5. The minimum absolute atomic E-state index is 0.0520. The maximum Gasteiger partial charge on any atom is 0.244 e. The van der Waals surface area contributed by atoms with Gasteiger partial charge in [0.05, 0.1) is 6.61 Å². The van der Waals surface area contributed by atoms with Gasteiger partial charge in [0, 0.05) is 18.8 Å². The van der Waals surface area contributed by atoms with Gasteiger partial charge in [-0.05, 0) is 24.5 Å². The third kappa shape index (κ3) is 3.21. The maximum absolute atomic E-state index is 12.3. The summed E-state index contributed by atoms with van der Waals surface area (Å²) in [5.41, 5.74) is 2.30. The Hall–Kier alpha value is -1.22. The maximum atomic E-state index is 12.3. The molecule has 1 aromatic heterocycles. The topological polar surface area (TPSA) is 106 Å². The highest BCUT2D eigenvalue weighted by Crippen LogP contribution is 2.20. The van der Waals surface area contributed by atoms with Gasteiger partial charge in [0.25, 0.3) is 0 Å². The number of rotatable bonds is 4. The number of nitrogens with one attached hydrogen (secondary N) is 2. The van der Waals surface area contributed by atoms with Crippen LogP contribution >= 0.6 is 0 Å². The van der Waals surface area contributed by atoms with Crippen molar-refractivity contribution in [3.05, 3.63) is 18.3 Å². The lowest BCUT2D eigenvalue weighted by Crippen LogP contribution is -2.44. The molecule has 1 aliphatic rings. The standard InChI is InChI=1S/C11H18N4O3S/c1-8-7-18-6-4-9(8)15-19(16,17)10-3-2-5-13-11(10)14-12/h2-3,5,8-9,15H,4,6-7,12H2,1H3,(H,13,14). The van der Waals surface area contributed by atoms with Crippen molar-refractivity contribution in [2.75, 3.05) is 18.6 Å². The molecule has 8 heteroatoms. The molecule has 7 nitrogen and oxygen atoms in total. The van der Waals surface area contributed by atoms with Gasteiger partial charge < -0.3 is 10.2 Å². The van der Waals surface area contributed by atoms with Crippen molar-refractivity contribution in [2.24, 2.45) is 11.8 Å². The Morgan fingerprint density at radius 1 is 1.53 bits per heavy atom. The molecule has 1 saturated heterocycles. The van der Waals surface area contributed by atoms with E-state index >= 15 is 0 Å². The van der Waals surface area contributed by atoms with Gasteiger partial charge in [-0.25, -0.2) is 24.0 Å². The van der Waals surface area contributed by atoms with E-state index in [4.69, 9.17) is 10.6 Å². The van der Waals surface area contributed by atoms with Crippen LogP contribution in [0, 0.1) is 5.92 Å². The fourth-order valence-corrected chi connectivity index (χ4v) is 3.53. The SMILES string of the molecule is CC1COCCC1NS(=O)(=O)c1cccnc1NN. The van der Waals surface area contributed by atoms with Gasteiger partial charge in [-0.2, -0.15) is 0 Å². The van der Waals surface area contributed by atoms with E-state index in [1.54, 1.807) is 6.07 Å². The second-order valence-electron chi connectivity index (χ2n) is 4.56. The third-order valence-corrected chi connectivity index (χ3v) is 4.67. The molecular formula is C11H18N4O3S. The second-order valence-corrected chi connectivity index (χ2v) is 6.25. The smallest absolute Gasteiger partial charge is 0.244 e. The highest BCUT2D eigenvalue weighted by molar-refractivity contribution is 7.89. The number of nitrogens with two attached hydrogens (primary N) is 1. The highest BCUT2D eigenvalue weighted by Gasteiger charge is 2.28. The van der Waals surface area contributed by atoms with Gasteiger partial charge in [0.1, 0.15) is 4.90 Å². The Balaban J connectivity index is 2.22. The number of sulfonamides is 1. The summed E-state index contributed by atoms with van der Waals surface area (Å²) in [5.74, 6) is 5.55. The Morgan fingerprint density at radius 2 is 2.32 bits per heavy atom. The molecule has 2 unspecified atom stereocenters. The second kappa shape index (κ2) is 5.83. The van der Waals surface area contributed by atoms with E-state index in [0.717, 1.165) is 0 Å². The average molecular weight is 286 g/mol. The Kier molecular flexibility index (Phi) is 4.35. The van der Waals surface area contributed by atoms with E-state index in [2.05, 4.69) is 15.1 Å². The normalized spacial score (nSPS) is 24.1. The van der Waals surface area contributed by atoms with Crippen molar-refractivity contribution < 1.29 is 13.2 Å². The van der Waals surface area contributed by atoms with Crippen LogP contribution in [0.4, 0.5) is 5.82 Å². The molecule has 19 heavy (non-hydrogen) atoms. The van der Waals surface area contributed by atoms with Gasteiger partial charge in [-0.3, -0.25) is 0 Å². The fraction of sp³-hybridized carbons (Fsp3) is 0.545. The van der Waals surface area contributed by atoms with Crippen LogP contribution in [0.1, 0.15) is 13.3 Å². The molecule has 1 aliphatic heterocycles. The number of hydrazine groups is 1. The van der Waals surface area contributed by atoms with E-state index in [1.165, 1.54) is 12.3 Å². The van der Waals surface area contributed by atoms with E-state index in [9.17, 15) is 8.42 Å². The number of aromatic nitrogens is 1. The molecule has 0 saturated carbocycles. The molecule has 2 rings (SSSR count). The van der Waals surface area contributed by atoms with Gasteiger partial charge in [0.2, 0.25) is 10.0 Å². The summed E-state index contributed by atoms with van der Waals surface area (Å²) in [5, 5.41) is 0. The lowest BCUT2D eigenvalue weighted by atomic mass is 9.99. The zero-order chi connectivity index (χ0) is 13.9. The molecule has 0 amide bonds. The van der Waals surface area contributed by atoms with Crippen molar-refractivity contribution in [1.29, 1.82) is 0 Å². The zero-order valence-electron chi connectivity index (χ0n) is 10.7. The fourth-order valence-electron chi connectivity index (χ4n) is 2.03. The summed E-state index contributed by atoms with van der Waals surface area (Å²) >= 11 is 0. The molecule has 0 bridgehead atoms. The quantitative estimate of drug-likeness (QED) is 0.534. The third-order valence-electron chi connectivity index (χ3n) is 3.14. The van der Waals surface area contributed by atoms with Crippen LogP contribution in [0.15, 0.2) is 23.2 Å². The first kappa shape index (κ1) is 14.2. The molecule has 1 fully saturated rings. The first-order valence-electron chi connectivity index (χ1n) is 6.06. The van der Waals surface area contributed by atoms with E-state index < -0.39 is 10.0 Å². The van der Waals surface area contributed by atoms with Gasteiger partial charge in [-0.1, -0.05) is 6.92 Å². The first-order valence-corrected chi connectivity index (χ1v) is 7.54. The molecule has 106 valence electrons. The van der Waals surface area contributed by atoms with Crippen molar-refractivity contribution in [3.63, 3.8) is 0 Å². The summed E-state index contributed by atoms with van der Waals surface area (Å²) in [6.45, 7) is 3.08. The van der Waals surface area contributed by atoms with Gasteiger partial charge >= 0.3 is 0 Å². The first-order chi connectivity index (χ1) is 9.04. The molecule has 0 aliphatic carbocycles. The lowest BCUT2D eigenvalue weighted by molar-refractivity contribution is 0.0450. The predicted molar refractivity (Wildman–Crippen MR) is 70.8 cm³/mol. The summed E-state index contributed by atoms with van der Waals surface area (Å²) in [6.07, 6.45) is 2.14. The lowest BCUT2D eigenvalue weighted by Gasteiger charge is -2.29. The number of anilines is 1. The van der Waals surface area contributed by atoms with Crippen molar-refractivity contribution in [2.45, 2.75) is 24.3 Å².